The highest BCUT2D eigenvalue weighted by Crippen LogP contribution is 2.18. The van der Waals surface area contributed by atoms with Crippen LogP contribution < -0.4 is 14.8 Å². The average Bonchev–Trinajstić information content (AvgIpc) is 2.59. The Bertz CT molecular complexity index is 712. The minimum absolute atomic E-state index is 0.0906. The van der Waals surface area contributed by atoms with Crippen LogP contribution in [0.3, 0.4) is 0 Å². The van der Waals surface area contributed by atoms with E-state index in [2.05, 4.69) is 5.32 Å². The van der Waals surface area contributed by atoms with Gasteiger partial charge in [-0.1, -0.05) is 19.1 Å². The number of hydrogen-bond acceptors (Lipinski definition) is 4. The smallest absolute Gasteiger partial charge is 0.307 e. The van der Waals surface area contributed by atoms with E-state index in [9.17, 15) is 9.59 Å². The zero-order valence-corrected chi connectivity index (χ0v) is 14.0. The van der Waals surface area contributed by atoms with Crippen LogP contribution in [0, 0.1) is 0 Å². The third kappa shape index (κ3) is 6.55. The largest absolute Gasteiger partial charge is 0.494 e. The Morgan fingerprint density at radius 3 is 2.36 bits per heavy atom. The van der Waals surface area contributed by atoms with Crippen molar-refractivity contribution in [2.24, 2.45) is 0 Å². The van der Waals surface area contributed by atoms with Crippen LogP contribution in [0.2, 0.25) is 0 Å². The first kappa shape index (κ1) is 18.3. The van der Waals surface area contributed by atoms with Gasteiger partial charge in [0.05, 0.1) is 13.0 Å². The molecule has 2 aromatic carbocycles. The molecule has 0 spiro atoms. The van der Waals surface area contributed by atoms with Crippen LogP contribution in [-0.2, 0) is 16.0 Å². The predicted molar refractivity (Wildman–Crippen MR) is 94.1 cm³/mol. The van der Waals surface area contributed by atoms with Crippen molar-refractivity contribution in [2.75, 3.05) is 18.5 Å². The third-order valence-electron chi connectivity index (χ3n) is 3.23. The molecule has 132 valence electrons. The molecular weight excluding hydrogens is 322 g/mol. The number of carbonyl (C=O) groups excluding carboxylic acids is 1. The monoisotopic (exact) mass is 343 g/mol. The van der Waals surface area contributed by atoms with Crippen molar-refractivity contribution in [3.05, 3.63) is 54.1 Å². The third-order valence-corrected chi connectivity index (χ3v) is 3.23. The quantitative estimate of drug-likeness (QED) is 0.731. The molecule has 0 aliphatic carbocycles. The van der Waals surface area contributed by atoms with Crippen molar-refractivity contribution in [2.45, 2.75) is 19.8 Å². The first-order valence-electron chi connectivity index (χ1n) is 8.03. The maximum Gasteiger partial charge on any atom is 0.307 e. The van der Waals surface area contributed by atoms with Crippen LogP contribution in [0.25, 0.3) is 0 Å². The lowest BCUT2D eigenvalue weighted by atomic mass is 10.1. The van der Waals surface area contributed by atoms with Gasteiger partial charge in [-0.2, -0.15) is 0 Å². The minimum Gasteiger partial charge on any atom is -0.494 e. The number of hydrogen-bond donors (Lipinski definition) is 2. The standard InChI is InChI=1S/C19H21NO5/c1-2-10-24-16-6-8-17(9-7-16)25-13-18(21)20-15-5-3-4-14(11-15)12-19(22)23/h3-9,11H,2,10,12-13H2,1H3,(H,20,21)(H,22,23). The molecule has 0 unspecified atom stereocenters. The van der Waals surface area contributed by atoms with E-state index < -0.39 is 5.97 Å². The maximum atomic E-state index is 12.0. The van der Waals surface area contributed by atoms with Crippen LogP contribution >= 0.6 is 0 Å². The maximum absolute atomic E-state index is 12.0. The second-order valence-electron chi connectivity index (χ2n) is 5.43. The number of benzene rings is 2. The molecule has 0 fully saturated rings. The molecule has 0 saturated heterocycles. The molecule has 0 heterocycles. The number of carbonyl (C=O) groups is 2. The van der Waals surface area contributed by atoms with Crippen molar-refractivity contribution in [1.29, 1.82) is 0 Å². The van der Waals surface area contributed by atoms with Crippen molar-refractivity contribution < 1.29 is 24.2 Å². The summed E-state index contributed by atoms with van der Waals surface area (Å²) in [6.07, 6.45) is 0.846. The number of ether oxygens (including phenoxy) is 2. The summed E-state index contributed by atoms with van der Waals surface area (Å²) in [5.74, 6) is 0.0875. The average molecular weight is 343 g/mol. The first-order valence-corrected chi connectivity index (χ1v) is 8.03. The molecule has 1 amide bonds. The minimum atomic E-state index is -0.918. The van der Waals surface area contributed by atoms with Gasteiger partial charge in [-0.05, 0) is 48.4 Å². The number of aliphatic carboxylic acids is 1. The van der Waals surface area contributed by atoms with Gasteiger partial charge >= 0.3 is 5.97 Å². The van der Waals surface area contributed by atoms with E-state index in [-0.39, 0.29) is 18.9 Å². The van der Waals surface area contributed by atoms with Crippen molar-refractivity contribution in [1.82, 2.24) is 0 Å². The molecular formula is C19H21NO5. The SMILES string of the molecule is CCCOc1ccc(OCC(=O)Nc2cccc(CC(=O)O)c2)cc1. The molecule has 0 saturated carbocycles. The molecule has 2 N–H and O–H groups in total. The summed E-state index contributed by atoms with van der Waals surface area (Å²) >= 11 is 0. The highest BCUT2D eigenvalue weighted by molar-refractivity contribution is 5.92. The normalized spacial score (nSPS) is 10.1. The summed E-state index contributed by atoms with van der Waals surface area (Å²) in [6.45, 7) is 2.55. The molecule has 2 rings (SSSR count). The van der Waals surface area contributed by atoms with Crippen LogP contribution in [0.1, 0.15) is 18.9 Å². The number of anilines is 1. The number of nitrogens with one attached hydrogen (secondary N) is 1. The molecule has 6 nitrogen and oxygen atoms in total. The van der Waals surface area contributed by atoms with E-state index in [1.54, 1.807) is 48.5 Å². The Labute approximate surface area is 146 Å². The van der Waals surface area contributed by atoms with E-state index in [4.69, 9.17) is 14.6 Å². The number of carboxylic acid groups (broad SMARTS) is 1. The molecule has 0 atom stereocenters. The molecule has 0 bridgehead atoms. The zero-order valence-electron chi connectivity index (χ0n) is 14.0. The highest BCUT2D eigenvalue weighted by atomic mass is 16.5. The number of rotatable bonds is 9. The highest BCUT2D eigenvalue weighted by Gasteiger charge is 2.06. The lowest BCUT2D eigenvalue weighted by Crippen LogP contribution is -2.20. The first-order chi connectivity index (χ1) is 12.1. The van der Waals surface area contributed by atoms with Crippen LogP contribution in [0.15, 0.2) is 48.5 Å². The van der Waals surface area contributed by atoms with Gasteiger partial charge in [0.15, 0.2) is 6.61 Å². The topological polar surface area (TPSA) is 84.9 Å². The van der Waals surface area contributed by atoms with E-state index in [1.807, 2.05) is 6.92 Å². The Balaban J connectivity index is 1.83. The van der Waals surface area contributed by atoms with Gasteiger partial charge in [-0.15, -0.1) is 0 Å². The number of amides is 1. The van der Waals surface area contributed by atoms with Gasteiger partial charge in [0.2, 0.25) is 0 Å². The van der Waals surface area contributed by atoms with Crippen molar-refractivity contribution in [3.8, 4) is 11.5 Å². The lowest BCUT2D eigenvalue weighted by molar-refractivity contribution is -0.136. The van der Waals surface area contributed by atoms with Gasteiger partial charge in [0, 0.05) is 5.69 Å². The fraction of sp³-hybridized carbons (Fsp3) is 0.263. The second kappa shape index (κ2) is 9.32. The van der Waals surface area contributed by atoms with E-state index in [0.717, 1.165) is 12.2 Å². The summed E-state index contributed by atoms with van der Waals surface area (Å²) in [4.78, 5) is 22.7. The van der Waals surface area contributed by atoms with Gasteiger partial charge in [0.25, 0.3) is 5.91 Å². The van der Waals surface area contributed by atoms with E-state index in [0.29, 0.717) is 23.6 Å². The lowest BCUT2D eigenvalue weighted by Gasteiger charge is -2.09. The molecule has 2 aromatic rings. The summed E-state index contributed by atoms with van der Waals surface area (Å²) < 4.78 is 10.9. The summed E-state index contributed by atoms with van der Waals surface area (Å²) in [5.41, 5.74) is 1.16. The van der Waals surface area contributed by atoms with Crippen LogP contribution in [-0.4, -0.2) is 30.2 Å². The van der Waals surface area contributed by atoms with Gasteiger partial charge < -0.3 is 19.9 Å². The second-order valence-corrected chi connectivity index (χ2v) is 5.43. The zero-order chi connectivity index (χ0) is 18.1. The van der Waals surface area contributed by atoms with Crippen molar-refractivity contribution >= 4 is 17.6 Å². The molecule has 6 heteroatoms. The fourth-order valence-electron chi connectivity index (χ4n) is 2.13. The van der Waals surface area contributed by atoms with Crippen LogP contribution in [0.5, 0.6) is 11.5 Å². The van der Waals surface area contributed by atoms with Gasteiger partial charge in [0.1, 0.15) is 11.5 Å². The Kier molecular flexibility index (Phi) is 6.83. The molecule has 0 aliphatic rings. The van der Waals surface area contributed by atoms with E-state index in [1.165, 1.54) is 0 Å². The Morgan fingerprint density at radius 2 is 1.72 bits per heavy atom. The Hall–Kier alpha value is -3.02. The summed E-state index contributed by atoms with van der Waals surface area (Å²) in [6, 6.07) is 13.8. The summed E-state index contributed by atoms with van der Waals surface area (Å²) in [7, 11) is 0. The molecule has 0 aliphatic heterocycles. The van der Waals surface area contributed by atoms with Gasteiger partial charge in [-0.25, -0.2) is 0 Å². The summed E-state index contributed by atoms with van der Waals surface area (Å²) in [5, 5.41) is 11.5. The fourth-order valence-corrected chi connectivity index (χ4v) is 2.13. The Morgan fingerprint density at radius 1 is 1.04 bits per heavy atom. The predicted octanol–water partition coefficient (Wildman–Crippen LogP) is 3.12. The van der Waals surface area contributed by atoms with E-state index >= 15 is 0 Å². The molecule has 0 radical (unpaired) electrons. The van der Waals surface area contributed by atoms with Gasteiger partial charge in [-0.3, -0.25) is 9.59 Å². The van der Waals surface area contributed by atoms with Crippen molar-refractivity contribution in [3.63, 3.8) is 0 Å². The van der Waals surface area contributed by atoms with Crippen LogP contribution in [0.4, 0.5) is 5.69 Å². The number of carboxylic acids is 1. The molecule has 25 heavy (non-hydrogen) atoms. The molecule has 0 aromatic heterocycles.